The number of hydrogen-bond donors (Lipinski definition) is 1. The molecule has 0 saturated carbocycles. The lowest BCUT2D eigenvalue weighted by Crippen LogP contribution is -2.39. The number of benzene rings is 2. The van der Waals surface area contributed by atoms with Gasteiger partial charge >= 0.3 is 0 Å². The number of carbonyl (C=O) groups is 1. The summed E-state index contributed by atoms with van der Waals surface area (Å²) in [5.41, 5.74) is 2.61. The van der Waals surface area contributed by atoms with Gasteiger partial charge in [-0.25, -0.2) is 4.99 Å². The predicted octanol–water partition coefficient (Wildman–Crippen LogP) is 5.24. The fraction of sp³-hybridized carbons (Fsp3) is 0.333. The Morgan fingerprint density at radius 3 is 2.66 bits per heavy atom. The van der Waals surface area contributed by atoms with E-state index in [1.165, 1.54) is 0 Å². The summed E-state index contributed by atoms with van der Waals surface area (Å²) in [5.74, 6) is 2.42. The molecule has 2 aromatic rings. The summed E-state index contributed by atoms with van der Waals surface area (Å²) in [6.07, 6.45) is 8.13. The number of hydrogen-bond acceptors (Lipinski definition) is 3. The largest absolute Gasteiger partial charge is 0.507 e. The first-order chi connectivity index (χ1) is 15.6. The third-order valence-electron chi connectivity index (χ3n) is 6.68. The van der Waals surface area contributed by atoms with Crippen LogP contribution in [0.2, 0.25) is 0 Å². The molecule has 2 aliphatic heterocycles. The van der Waals surface area contributed by atoms with Crippen LogP contribution in [-0.4, -0.2) is 41.4 Å². The van der Waals surface area contributed by atoms with Crippen molar-refractivity contribution in [1.29, 1.82) is 0 Å². The van der Waals surface area contributed by atoms with Gasteiger partial charge in [-0.2, -0.15) is 0 Å². The maximum absolute atomic E-state index is 12.9. The minimum Gasteiger partial charge on any atom is -0.507 e. The van der Waals surface area contributed by atoms with Crippen LogP contribution < -0.4 is 4.90 Å². The molecule has 1 unspecified atom stereocenters. The van der Waals surface area contributed by atoms with Crippen LogP contribution in [0.4, 0.5) is 5.69 Å². The fourth-order valence-corrected chi connectivity index (χ4v) is 4.85. The molecule has 4 rings (SSSR count). The molecule has 2 aromatic carbocycles. The van der Waals surface area contributed by atoms with Gasteiger partial charge < -0.3 is 14.9 Å². The van der Waals surface area contributed by atoms with E-state index >= 15 is 0 Å². The molecule has 5 nitrogen and oxygen atoms in total. The first-order valence-corrected chi connectivity index (χ1v) is 11.3. The first kappa shape index (κ1) is 21.9. The second-order valence-electron chi connectivity index (χ2n) is 8.61. The number of anilines is 1. The van der Waals surface area contributed by atoms with Crippen LogP contribution in [0.1, 0.15) is 26.2 Å². The molecule has 0 spiro atoms. The van der Waals surface area contributed by atoms with E-state index in [0.717, 1.165) is 55.1 Å². The van der Waals surface area contributed by atoms with Gasteiger partial charge in [0.15, 0.2) is 0 Å². The molecule has 0 aromatic heterocycles. The highest BCUT2D eigenvalue weighted by Gasteiger charge is 2.37. The summed E-state index contributed by atoms with van der Waals surface area (Å²) < 4.78 is 0. The Balaban J connectivity index is 1.41. The second-order valence-corrected chi connectivity index (χ2v) is 8.61. The molecule has 1 N–H and O–H groups in total. The molecular weight excluding hydrogens is 398 g/mol. The number of aliphatic imine (C=N–C) groups is 1. The van der Waals surface area contributed by atoms with E-state index in [-0.39, 0.29) is 11.7 Å². The van der Waals surface area contributed by atoms with Crippen molar-refractivity contribution < 1.29 is 9.90 Å². The van der Waals surface area contributed by atoms with Crippen LogP contribution in [0.5, 0.6) is 5.75 Å². The average molecular weight is 430 g/mol. The highest BCUT2D eigenvalue weighted by Crippen LogP contribution is 2.37. The van der Waals surface area contributed by atoms with Crippen LogP contribution in [0.15, 0.2) is 78.5 Å². The van der Waals surface area contributed by atoms with Gasteiger partial charge in [0, 0.05) is 43.5 Å². The lowest BCUT2D eigenvalue weighted by molar-refractivity contribution is -0.117. The van der Waals surface area contributed by atoms with Gasteiger partial charge in [-0.1, -0.05) is 43.0 Å². The molecule has 1 amide bonds. The van der Waals surface area contributed by atoms with E-state index in [9.17, 15) is 9.90 Å². The van der Waals surface area contributed by atoms with Crippen molar-refractivity contribution >= 4 is 17.4 Å². The molecule has 166 valence electrons. The Morgan fingerprint density at radius 2 is 1.91 bits per heavy atom. The quantitative estimate of drug-likeness (QED) is 0.402. The van der Waals surface area contributed by atoms with E-state index in [4.69, 9.17) is 0 Å². The van der Waals surface area contributed by atoms with Crippen molar-refractivity contribution in [2.75, 3.05) is 24.5 Å². The monoisotopic (exact) mass is 429 g/mol. The van der Waals surface area contributed by atoms with E-state index in [0.29, 0.717) is 18.3 Å². The lowest BCUT2D eigenvalue weighted by atomic mass is 9.83. The summed E-state index contributed by atoms with van der Waals surface area (Å²) >= 11 is 0. The first-order valence-electron chi connectivity index (χ1n) is 11.3. The van der Waals surface area contributed by atoms with Crippen molar-refractivity contribution in [3.05, 3.63) is 73.5 Å². The van der Waals surface area contributed by atoms with Crippen LogP contribution in [0, 0.1) is 11.8 Å². The van der Waals surface area contributed by atoms with E-state index in [2.05, 4.69) is 16.5 Å². The smallest absolute Gasteiger partial charge is 0.227 e. The zero-order valence-electron chi connectivity index (χ0n) is 18.7. The minimum atomic E-state index is 0.194. The number of aromatic hydroxyl groups is 1. The Kier molecular flexibility index (Phi) is 6.74. The summed E-state index contributed by atoms with van der Waals surface area (Å²) in [6.45, 7) is 8.45. The van der Waals surface area contributed by atoms with Gasteiger partial charge in [0.2, 0.25) is 5.91 Å². The van der Waals surface area contributed by atoms with Crippen LogP contribution >= 0.6 is 0 Å². The highest BCUT2D eigenvalue weighted by molar-refractivity contribution is 5.96. The maximum atomic E-state index is 12.9. The number of carbonyl (C=O) groups excluding carboxylic acids is 1. The zero-order valence-corrected chi connectivity index (χ0v) is 18.7. The Bertz CT molecular complexity index is 1030. The summed E-state index contributed by atoms with van der Waals surface area (Å²) in [6, 6.07) is 15.2. The SMILES string of the molecule is C=CC=CN=C(C)N1CCC(C2CC(=O)N(c3cccc(-c4ccccc4O)c3)C2)CC1. The van der Waals surface area contributed by atoms with Gasteiger partial charge in [-0.15, -0.1) is 0 Å². The number of nitrogens with zero attached hydrogens (tertiary/aromatic N) is 3. The third kappa shape index (κ3) is 4.77. The number of phenols is 1. The fourth-order valence-electron chi connectivity index (χ4n) is 4.85. The number of allylic oxidation sites excluding steroid dienone is 2. The number of rotatable bonds is 5. The van der Waals surface area contributed by atoms with Crippen molar-refractivity contribution in [1.82, 2.24) is 4.90 Å². The van der Waals surface area contributed by atoms with Crippen LogP contribution in [-0.2, 0) is 4.79 Å². The second kappa shape index (κ2) is 9.86. The van der Waals surface area contributed by atoms with Crippen molar-refractivity contribution in [3.8, 4) is 16.9 Å². The summed E-state index contributed by atoms with van der Waals surface area (Å²) in [7, 11) is 0. The van der Waals surface area contributed by atoms with Gasteiger partial charge in [0.1, 0.15) is 11.6 Å². The van der Waals surface area contributed by atoms with Crippen molar-refractivity contribution in [2.24, 2.45) is 16.8 Å². The standard InChI is InChI=1S/C27H31N3O2/c1-3-4-14-28-20(2)29-15-12-21(13-16-29)23-18-27(32)30(19-23)24-9-7-8-22(17-24)25-10-5-6-11-26(25)31/h3-11,14,17,21,23,31H,1,12-13,15-16,18-19H2,2H3. The van der Waals surface area contributed by atoms with E-state index < -0.39 is 0 Å². The number of piperidine rings is 1. The van der Waals surface area contributed by atoms with E-state index in [1.807, 2.05) is 60.4 Å². The van der Waals surface area contributed by atoms with E-state index in [1.54, 1.807) is 18.3 Å². The Hall–Kier alpha value is -3.34. The summed E-state index contributed by atoms with van der Waals surface area (Å²) in [4.78, 5) is 21.6. The highest BCUT2D eigenvalue weighted by atomic mass is 16.3. The molecule has 2 heterocycles. The molecule has 0 radical (unpaired) electrons. The predicted molar refractivity (Wildman–Crippen MR) is 131 cm³/mol. The van der Waals surface area contributed by atoms with Crippen LogP contribution in [0.3, 0.4) is 0 Å². The maximum Gasteiger partial charge on any atom is 0.227 e. The number of para-hydroxylation sites is 1. The molecule has 5 heteroatoms. The topological polar surface area (TPSA) is 56.1 Å². The van der Waals surface area contributed by atoms with Gasteiger partial charge in [0.05, 0.1) is 0 Å². The van der Waals surface area contributed by atoms with Gasteiger partial charge in [0.25, 0.3) is 0 Å². The van der Waals surface area contributed by atoms with Crippen LogP contribution in [0.25, 0.3) is 11.1 Å². The van der Waals surface area contributed by atoms with Crippen molar-refractivity contribution in [2.45, 2.75) is 26.2 Å². The number of phenolic OH excluding ortho intramolecular Hbond substituents is 1. The Morgan fingerprint density at radius 1 is 1.12 bits per heavy atom. The number of amidine groups is 1. The third-order valence-corrected chi connectivity index (χ3v) is 6.68. The molecule has 1 atom stereocenters. The number of likely N-dealkylation sites (tertiary alicyclic amines) is 1. The molecule has 2 aliphatic rings. The molecule has 0 bridgehead atoms. The van der Waals surface area contributed by atoms with Gasteiger partial charge in [-0.05, 0) is 61.4 Å². The molecule has 32 heavy (non-hydrogen) atoms. The van der Waals surface area contributed by atoms with Gasteiger partial charge in [-0.3, -0.25) is 4.79 Å². The lowest BCUT2D eigenvalue weighted by Gasteiger charge is -2.35. The summed E-state index contributed by atoms with van der Waals surface area (Å²) in [5, 5.41) is 10.2. The minimum absolute atomic E-state index is 0.194. The zero-order chi connectivity index (χ0) is 22.5. The molecule has 0 aliphatic carbocycles. The average Bonchev–Trinajstić information content (AvgIpc) is 3.21. The van der Waals surface area contributed by atoms with Crippen molar-refractivity contribution in [3.63, 3.8) is 0 Å². The molecule has 2 saturated heterocycles. The number of amides is 1. The normalized spacial score (nSPS) is 20.3. The molecular formula is C27H31N3O2. The Labute approximate surface area is 190 Å². The molecule has 2 fully saturated rings.